The summed E-state index contributed by atoms with van der Waals surface area (Å²) in [6, 6.07) is 27.7. The lowest BCUT2D eigenvalue weighted by molar-refractivity contribution is -0.141. The SMILES string of the molecule is O=C(NCc1ccc2c(c1)OCO2)C(c1ccccc1)N(Cc1ccc(Cl)cc1)C(=O)CCc1ccc(S(=O)(=O)N2CCCC2)cc1. The molecule has 0 radical (unpaired) electrons. The Morgan fingerprint density at radius 1 is 0.830 bits per heavy atom. The van der Waals surface area contributed by atoms with Crippen LogP contribution >= 0.6 is 11.6 Å². The van der Waals surface area contributed by atoms with E-state index in [-0.39, 0.29) is 43.0 Å². The third-order valence-electron chi connectivity index (χ3n) is 8.42. The van der Waals surface area contributed by atoms with E-state index in [1.54, 1.807) is 41.3 Å². The third kappa shape index (κ3) is 7.78. The number of carbonyl (C=O) groups excluding carboxylic acids is 2. The standard InChI is InChI=1S/C36H36ClN3O6S/c37-30-14-8-27(9-15-30)24-40(34(41)19-13-26-10-16-31(17-11-26)47(43,44)39-20-4-5-21-39)35(29-6-2-1-3-7-29)36(42)38-23-28-12-18-32-33(22-28)46-25-45-32/h1-3,6-12,14-18,22,35H,4-5,13,19-21,23-25H2,(H,38,42). The molecule has 4 aromatic rings. The molecule has 1 N–H and O–H groups in total. The van der Waals surface area contributed by atoms with Crippen molar-refractivity contribution in [3.8, 4) is 11.5 Å². The second-order valence-electron chi connectivity index (χ2n) is 11.6. The fourth-order valence-electron chi connectivity index (χ4n) is 5.86. The van der Waals surface area contributed by atoms with Crippen molar-refractivity contribution in [2.24, 2.45) is 0 Å². The van der Waals surface area contributed by atoms with Crippen LogP contribution in [0.15, 0.2) is 102 Å². The number of carbonyl (C=O) groups is 2. The molecule has 1 saturated heterocycles. The van der Waals surface area contributed by atoms with Gasteiger partial charge in [0.15, 0.2) is 11.5 Å². The Kier molecular flexibility index (Phi) is 10.1. The van der Waals surface area contributed by atoms with Gasteiger partial charge in [0.2, 0.25) is 28.6 Å². The first kappa shape index (κ1) is 32.6. The van der Waals surface area contributed by atoms with E-state index >= 15 is 0 Å². The fraction of sp³-hybridized carbons (Fsp3) is 0.278. The molecule has 6 rings (SSSR count). The van der Waals surface area contributed by atoms with Crippen molar-refractivity contribution >= 4 is 33.4 Å². The Morgan fingerprint density at radius 3 is 2.21 bits per heavy atom. The van der Waals surface area contributed by atoms with E-state index in [1.807, 2.05) is 60.7 Å². The molecule has 2 heterocycles. The molecule has 1 atom stereocenters. The molecule has 2 aliphatic rings. The highest BCUT2D eigenvalue weighted by molar-refractivity contribution is 7.89. The molecule has 0 bridgehead atoms. The topological polar surface area (TPSA) is 105 Å². The van der Waals surface area contributed by atoms with E-state index in [1.165, 1.54) is 4.31 Å². The van der Waals surface area contributed by atoms with Crippen molar-refractivity contribution in [2.45, 2.75) is 49.7 Å². The number of hydrogen-bond donors (Lipinski definition) is 1. The smallest absolute Gasteiger partial charge is 0.247 e. The number of rotatable bonds is 12. The molecule has 2 aliphatic heterocycles. The van der Waals surface area contributed by atoms with E-state index in [0.29, 0.717) is 41.6 Å². The number of halogens is 1. The number of ether oxygens (including phenoxy) is 2. The van der Waals surface area contributed by atoms with Gasteiger partial charge in [0, 0.05) is 37.6 Å². The summed E-state index contributed by atoms with van der Waals surface area (Å²) in [5.41, 5.74) is 3.16. The van der Waals surface area contributed by atoms with Crippen LogP contribution in [0.2, 0.25) is 5.02 Å². The molecule has 0 saturated carbocycles. The zero-order chi connectivity index (χ0) is 32.8. The molecule has 0 aromatic heterocycles. The van der Waals surface area contributed by atoms with Gasteiger partial charge in [-0.2, -0.15) is 4.31 Å². The van der Waals surface area contributed by atoms with Crippen molar-refractivity contribution in [3.63, 3.8) is 0 Å². The van der Waals surface area contributed by atoms with Crippen LogP contribution in [0.5, 0.6) is 11.5 Å². The monoisotopic (exact) mass is 673 g/mol. The average Bonchev–Trinajstić information content (AvgIpc) is 3.81. The molecule has 47 heavy (non-hydrogen) atoms. The normalized spacial score (nSPS) is 14.9. The quantitative estimate of drug-likeness (QED) is 0.202. The largest absolute Gasteiger partial charge is 0.454 e. The average molecular weight is 674 g/mol. The maximum atomic E-state index is 14.1. The lowest BCUT2D eigenvalue weighted by Gasteiger charge is -2.32. The first-order chi connectivity index (χ1) is 22.8. The Balaban J connectivity index is 1.22. The first-order valence-corrected chi connectivity index (χ1v) is 17.4. The molecule has 0 aliphatic carbocycles. The van der Waals surface area contributed by atoms with Gasteiger partial charge >= 0.3 is 0 Å². The Labute approximate surface area is 280 Å². The van der Waals surface area contributed by atoms with Crippen LogP contribution in [-0.4, -0.2) is 49.3 Å². The number of aryl methyl sites for hydroxylation is 1. The second kappa shape index (κ2) is 14.6. The van der Waals surface area contributed by atoms with Gasteiger partial charge in [-0.05, 0) is 77.9 Å². The van der Waals surface area contributed by atoms with Crippen molar-refractivity contribution in [1.29, 1.82) is 0 Å². The van der Waals surface area contributed by atoms with Crippen molar-refractivity contribution < 1.29 is 27.5 Å². The summed E-state index contributed by atoms with van der Waals surface area (Å²) in [6.07, 6.45) is 2.23. The molecule has 1 unspecified atom stereocenters. The van der Waals surface area contributed by atoms with Gasteiger partial charge in [-0.3, -0.25) is 9.59 Å². The number of nitrogens with zero attached hydrogens (tertiary/aromatic N) is 2. The van der Waals surface area contributed by atoms with Crippen molar-refractivity contribution in [1.82, 2.24) is 14.5 Å². The van der Waals surface area contributed by atoms with E-state index in [9.17, 15) is 18.0 Å². The molecule has 9 nitrogen and oxygen atoms in total. The first-order valence-electron chi connectivity index (χ1n) is 15.6. The maximum Gasteiger partial charge on any atom is 0.247 e. The molecule has 4 aromatic carbocycles. The van der Waals surface area contributed by atoms with E-state index in [0.717, 1.165) is 29.5 Å². The summed E-state index contributed by atoms with van der Waals surface area (Å²) >= 11 is 6.15. The Morgan fingerprint density at radius 2 is 1.49 bits per heavy atom. The summed E-state index contributed by atoms with van der Waals surface area (Å²) in [5.74, 6) is 0.732. The van der Waals surface area contributed by atoms with Crippen LogP contribution in [-0.2, 0) is 39.1 Å². The molecular formula is C36H36ClN3O6S. The Bertz CT molecular complexity index is 1810. The summed E-state index contributed by atoms with van der Waals surface area (Å²) in [4.78, 5) is 30.0. The highest BCUT2D eigenvalue weighted by Gasteiger charge is 2.32. The fourth-order valence-corrected chi connectivity index (χ4v) is 7.50. The number of nitrogens with one attached hydrogen (secondary N) is 1. The zero-order valence-corrected chi connectivity index (χ0v) is 27.4. The van der Waals surface area contributed by atoms with Crippen LogP contribution in [0.3, 0.4) is 0 Å². The number of hydrogen-bond acceptors (Lipinski definition) is 6. The zero-order valence-electron chi connectivity index (χ0n) is 25.8. The van der Waals surface area contributed by atoms with Gasteiger partial charge in [-0.1, -0.05) is 72.3 Å². The number of sulfonamides is 1. The minimum atomic E-state index is -3.53. The molecule has 244 valence electrons. The van der Waals surface area contributed by atoms with Gasteiger partial charge in [0.25, 0.3) is 0 Å². The lowest BCUT2D eigenvalue weighted by Crippen LogP contribution is -2.43. The molecular weight excluding hydrogens is 638 g/mol. The summed E-state index contributed by atoms with van der Waals surface area (Å²) in [5, 5.41) is 3.60. The summed E-state index contributed by atoms with van der Waals surface area (Å²) in [6.45, 7) is 1.64. The van der Waals surface area contributed by atoms with Crippen LogP contribution in [0.1, 0.15) is 47.6 Å². The minimum absolute atomic E-state index is 0.116. The van der Waals surface area contributed by atoms with Gasteiger partial charge < -0.3 is 19.7 Å². The van der Waals surface area contributed by atoms with E-state index in [4.69, 9.17) is 21.1 Å². The second-order valence-corrected chi connectivity index (χ2v) is 14.0. The van der Waals surface area contributed by atoms with Crippen LogP contribution in [0.4, 0.5) is 0 Å². The molecule has 0 spiro atoms. The molecule has 2 amide bonds. The van der Waals surface area contributed by atoms with Crippen molar-refractivity contribution in [2.75, 3.05) is 19.9 Å². The van der Waals surface area contributed by atoms with Gasteiger partial charge in [0.05, 0.1) is 4.90 Å². The van der Waals surface area contributed by atoms with Gasteiger partial charge in [-0.15, -0.1) is 0 Å². The summed E-state index contributed by atoms with van der Waals surface area (Å²) < 4.78 is 38.3. The predicted octanol–water partition coefficient (Wildman–Crippen LogP) is 5.87. The lowest BCUT2D eigenvalue weighted by atomic mass is 10.0. The predicted molar refractivity (Wildman–Crippen MR) is 178 cm³/mol. The third-order valence-corrected chi connectivity index (χ3v) is 10.6. The van der Waals surface area contributed by atoms with Gasteiger partial charge in [0.1, 0.15) is 6.04 Å². The van der Waals surface area contributed by atoms with Gasteiger partial charge in [-0.25, -0.2) is 8.42 Å². The molecule has 1 fully saturated rings. The highest BCUT2D eigenvalue weighted by atomic mass is 35.5. The number of benzene rings is 4. The van der Waals surface area contributed by atoms with Crippen LogP contribution in [0, 0.1) is 0 Å². The number of fused-ring (bicyclic) bond motifs is 1. The van der Waals surface area contributed by atoms with Crippen LogP contribution in [0.25, 0.3) is 0 Å². The highest BCUT2D eigenvalue weighted by Crippen LogP contribution is 2.33. The van der Waals surface area contributed by atoms with Crippen LogP contribution < -0.4 is 14.8 Å². The van der Waals surface area contributed by atoms with E-state index in [2.05, 4.69) is 5.32 Å². The summed E-state index contributed by atoms with van der Waals surface area (Å²) in [7, 11) is -3.53. The van der Waals surface area contributed by atoms with Crippen molar-refractivity contribution in [3.05, 3.63) is 124 Å². The Hall–Kier alpha value is -4.38. The minimum Gasteiger partial charge on any atom is -0.454 e. The van der Waals surface area contributed by atoms with E-state index < -0.39 is 16.1 Å². The number of amides is 2. The molecule has 11 heteroatoms. The maximum absolute atomic E-state index is 14.1.